The Balaban J connectivity index is 1.74. The lowest BCUT2D eigenvalue weighted by Crippen LogP contribution is -2.29. The van der Waals surface area contributed by atoms with Crippen molar-refractivity contribution in [1.29, 1.82) is 0 Å². The van der Waals surface area contributed by atoms with E-state index < -0.39 is 6.36 Å². The van der Waals surface area contributed by atoms with Crippen LogP contribution in [0.5, 0.6) is 5.75 Å². The number of ether oxygens (including phenoxy) is 1. The molecule has 0 radical (unpaired) electrons. The topological polar surface area (TPSA) is 39.1 Å². The van der Waals surface area contributed by atoms with Crippen LogP contribution < -0.4 is 10.1 Å². The molecule has 1 heterocycles. The number of alkyl halides is 3. The fraction of sp³-hybridized carbons (Fsp3) is 0.480. The molecule has 1 aliphatic carbocycles. The van der Waals surface area contributed by atoms with Crippen LogP contribution in [0.25, 0.3) is 11.0 Å². The van der Waals surface area contributed by atoms with Gasteiger partial charge in [0.2, 0.25) is 5.95 Å². The summed E-state index contributed by atoms with van der Waals surface area (Å²) in [6.07, 6.45) is -1.40. The Hall–Kier alpha value is -2.70. The quantitative estimate of drug-likeness (QED) is 0.448. The Bertz CT molecular complexity index is 1120. The van der Waals surface area contributed by atoms with Gasteiger partial charge in [-0.05, 0) is 85.9 Å². The Morgan fingerprint density at radius 3 is 2.38 bits per heavy atom. The predicted molar refractivity (Wildman–Crippen MR) is 121 cm³/mol. The van der Waals surface area contributed by atoms with Gasteiger partial charge in [0.05, 0.1) is 11.0 Å². The lowest BCUT2D eigenvalue weighted by Gasteiger charge is -2.40. The van der Waals surface area contributed by atoms with Crippen LogP contribution in [0.15, 0.2) is 36.4 Å². The average Bonchev–Trinajstić information content (AvgIpc) is 3.02. The van der Waals surface area contributed by atoms with E-state index in [1.807, 2.05) is 0 Å². The van der Waals surface area contributed by atoms with E-state index in [1.165, 1.54) is 24.1 Å². The molecule has 1 aliphatic rings. The van der Waals surface area contributed by atoms with E-state index in [0.717, 1.165) is 29.4 Å². The van der Waals surface area contributed by atoms with Crippen molar-refractivity contribution >= 4 is 22.7 Å². The average molecular weight is 446 g/mol. The summed E-state index contributed by atoms with van der Waals surface area (Å²) in [5.41, 5.74) is 5.25. The first-order valence-corrected chi connectivity index (χ1v) is 11.0. The van der Waals surface area contributed by atoms with Crippen molar-refractivity contribution < 1.29 is 17.9 Å². The SMILES string of the molecule is Cc1ccc2c(nc(Nc3ccc(OC(F)(F)F)cc3)n2C2CC(C)CC(C)(C)C2)c1C. The zero-order valence-electron chi connectivity index (χ0n) is 19.2. The maximum Gasteiger partial charge on any atom is 0.573 e. The largest absolute Gasteiger partial charge is 0.573 e. The highest BCUT2D eigenvalue weighted by molar-refractivity contribution is 5.84. The molecule has 2 atom stereocenters. The fourth-order valence-corrected chi connectivity index (χ4v) is 5.22. The van der Waals surface area contributed by atoms with Crippen LogP contribution in [0.1, 0.15) is 57.2 Å². The van der Waals surface area contributed by atoms with Gasteiger partial charge in [-0.3, -0.25) is 0 Å². The molecule has 32 heavy (non-hydrogen) atoms. The molecule has 4 rings (SSSR count). The lowest BCUT2D eigenvalue weighted by molar-refractivity contribution is -0.274. The van der Waals surface area contributed by atoms with Crippen molar-refractivity contribution in [2.45, 2.75) is 66.3 Å². The van der Waals surface area contributed by atoms with Crippen LogP contribution >= 0.6 is 0 Å². The normalized spacial score (nSPS) is 21.0. The van der Waals surface area contributed by atoms with Crippen LogP contribution in [0.3, 0.4) is 0 Å². The number of hydrogen-bond acceptors (Lipinski definition) is 3. The minimum Gasteiger partial charge on any atom is -0.406 e. The lowest BCUT2D eigenvalue weighted by atomic mass is 9.70. The van der Waals surface area contributed by atoms with E-state index in [0.29, 0.717) is 17.6 Å². The van der Waals surface area contributed by atoms with E-state index in [-0.39, 0.29) is 17.2 Å². The number of benzene rings is 2. The number of fused-ring (bicyclic) bond motifs is 1. The summed E-state index contributed by atoms with van der Waals surface area (Å²) < 4.78 is 43.7. The molecule has 0 bridgehead atoms. The molecule has 1 fully saturated rings. The van der Waals surface area contributed by atoms with Crippen molar-refractivity contribution in [3.63, 3.8) is 0 Å². The van der Waals surface area contributed by atoms with E-state index in [2.05, 4.69) is 61.4 Å². The Morgan fingerprint density at radius 1 is 1.06 bits per heavy atom. The van der Waals surface area contributed by atoms with Crippen molar-refractivity contribution in [2.24, 2.45) is 11.3 Å². The summed E-state index contributed by atoms with van der Waals surface area (Å²) in [7, 11) is 0. The van der Waals surface area contributed by atoms with Gasteiger partial charge in [-0.1, -0.05) is 26.8 Å². The standard InChI is InChI=1S/C25H30F3N3O/c1-15-12-19(14-24(4,5)13-15)31-21-11-6-16(2)17(3)22(21)30-23(31)29-18-7-9-20(10-8-18)32-25(26,27)28/h6-11,15,19H,12-14H2,1-5H3,(H,29,30). The summed E-state index contributed by atoms with van der Waals surface area (Å²) >= 11 is 0. The van der Waals surface area contributed by atoms with Gasteiger partial charge in [-0.2, -0.15) is 0 Å². The van der Waals surface area contributed by atoms with E-state index in [1.54, 1.807) is 12.1 Å². The summed E-state index contributed by atoms with van der Waals surface area (Å²) in [5.74, 6) is 1.07. The molecule has 1 saturated carbocycles. The maximum absolute atomic E-state index is 12.5. The highest BCUT2D eigenvalue weighted by Crippen LogP contribution is 2.46. The molecule has 2 unspecified atom stereocenters. The summed E-state index contributed by atoms with van der Waals surface area (Å²) in [6.45, 7) is 11.1. The van der Waals surface area contributed by atoms with Gasteiger partial charge in [0.15, 0.2) is 0 Å². The first kappa shape index (κ1) is 22.5. The second kappa shape index (κ2) is 8.01. The molecule has 0 amide bonds. The number of aryl methyl sites for hydroxylation is 2. The van der Waals surface area contributed by atoms with Crippen molar-refractivity contribution in [3.8, 4) is 5.75 Å². The van der Waals surface area contributed by atoms with Gasteiger partial charge in [0.25, 0.3) is 0 Å². The highest BCUT2D eigenvalue weighted by atomic mass is 19.4. The number of hydrogen-bond donors (Lipinski definition) is 1. The monoisotopic (exact) mass is 445 g/mol. The molecule has 3 aromatic rings. The third-order valence-electron chi connectivity index (χ3n) is 6.46. The van der Waals surface area contributed by atoms with Gasteiger partial charge < -0.3 is 14.6 Å². The van der Waals surface area contributed by atoms with Crippen LogP contribution in [0, 0.1) is 25.2 Å². The third-order valence-corrected chi connectivity index (χ3v) is 6.46. The van der Waals surface area contributed by atoms with Gasteiger partial charge >= 0.3 is 6.36 Å². The summed E-state index contributed by atoms with van der Waals surface area (Å²) in [6, 6.07) is 10.3. The second-order valence-corrected chi connectivity index (χ2v) is 9.94. The molecular formula is C25H30F3N3O. The van der Waals surface area contributed by atoms with Crippen molar-refractivity contribution in [3.05, 3.63) is 47.5 Å². The Labute approximate surface area is 186 Å². The minimum atomic E-state index is -4.71. The van der Waals surface area contributed by atoms with E-state index in [9.17, 15) is 13.2 Å². The first-order chi connectivity index (χ1) is 14.9. The maximum atomic E-state index is 12.5. The fourth-order valence-electron chi connectivity index (χ4n) is 5.22. The van der Waals surface area contributed by atoms with Gasteiger partial charge in [0, 0.05) is 11.7 Å². The Morgan fingerprint density at radius 2 is 1.75 bits per heavy atom. The van der Waals surface area contributed by atoms with Crippen molar-refractivity contribution in [2.75, 3.05) is 5.32 Å². The van der Waals surface area contributed by atoms with Crippen LogP contribution in [-0.4, -0.2) is 15.9 Å². The summed E-state index contributed by atoms with van der Waals surface area (Å²) in [5, 5.41) is 3.35. The zero-order valence-corrected chi connectivity index (χ0v) is 19.2. The number of halogens is 3. The molecule has 2 aromatic carbocycles. The number of aromatic nitrogens is 2. The molecule has 172 valence electrons. The zero-order chi connectivity index (χ0) is 23.3. The smallest absolute Gasteiger partial charge is 0.406 e. The van der Waals surface area contributed by atoms with E-state index >= 15 is 0 Å². The molecule has 0 spiro atoms. The number of imidazole rings is 1. The number of rotatable bonds is 4. The molecular weight excluding hydrogens is 415 g/mol. The van der Waals surface area contributed by atoms with Gasteiger partial charge in [0.1, 0.15) is 5.75 Å². The molecule has 0 saturated heterocycles. The highest BCUT2D eigenvalue weighted by Gasteiger charge is 2.35. The minimum absolute atomic E-state index is 0.229. The molecule has 4 nitrogen and oxygen atoms in total. The van der Waals surface area contributed by atoms with Crippen LogP contribution in [-0.2, 0) is 0 Å². The number of anilines is 2. The molecule has 0 aliphatic heterocycles. The van der Waals surface area contributed by atoms with Crippen LogP contribution in [0.2, 0.25) is 0 Å². The Kier molecular flexibility index (Phi) is 5.63. The van der Waals surface area contributed by atoms with Gasteiger partial charge in [-0.15, -0.1) is 13.2 Å². The third kappa shape index (κ3) is 4.71. The van der Waals surface area contributed by atoms with Gasteiger partial charge in [-0.25, -0.2) is 4.98 Å². The number of nitrogens with one attached hydrogen (secondary N) is 1. The molecule has 1 aromatic heterocycles. The summed E-state index contributed by atoms with van der Waals surface area (Å²) in [4.78, 5) is 4.94. The first-order valence-electron chi connectivity index (χ1n) is 11.0. The predicted octanol–water partition coefficient (Wildman–Crippen LogP) is 7.68. The molecule has 1 N–H and O–H groups in total. The van der Waals surface area contributed by atoms with Crippen LogP contribution in [0.4, 0.5) is 24.8 Å². The second-order valence-electron chi connectivity index (χ2n) is 9.94. The molecule has 7 heteroatoms. The van der Waals surface area contributed by atoms with E-state index in [4.69, 9.17) is 4.98 Å². The number of nitrogens with zero attached hydrogens (tertiary/aromatic N) is 2. The van der Waals surface area contributed by atoms with Crippen molar-refractivity contribution in [1.82, 2.24) is 9.55 Å².